The minimum absolute atomic E-state index is 0.160. The summed E-state index contributed by atoms with van der Waals surface area (Å²) in [5.74, 6) is 0.160. The van der Waals surface area contributed by atoms with Gasteiger partial charge in [-0.1, -0.05) is 11.6 Å². The number of halogens is 1. The lowest BCUT2D eigenvalue weighted by Crippen LogP contribution is -2.42. The van der Waals surface area contributed by atoms with Gasteiger partial charge in [-0.2, -0.15) is 0 Å². The van der Waals surface area contributed by atoms with Gasteiger partial charge in [-0.25, -0.2) is 17.7 Å². The molecule has 1 atom stereocenters. The average molecular weight is 342 g/mol. The SMILES string of the molecule is CC(C)S(=O)(=O)N1CCCC(c2cc3c(Cl)ccnc3[nH]2)C1. The van der Waals surface area contributed by atoms with Gasteiger partial charge in [0.2, 0.25) is 10.0 Å². The van der Waals surface area contributed by atoms with Crippen molar-refractivity contribution < 1.29 is 8.42 Å². The van der Waals surface area contributed by atoms with Crippen LogP contribution in [0.15, 0.2) is 18.3 Å². The summed E-state index contributed by atoms with van der Waals surface area (Å²) in [6, 6.07) is 3.76. The fraction of sp³-hybridized carbons (Fsp3) is 0.533. The number of sulfonamides is 1. The van der Waals surface area contributed by atoms with E-state index in [1.165, 1.54) is 0 Å². The van der Waals surface area contributed by atoms with Crippen LogP contribution in [0.3, 0.4) is 0 Å². The summed E-state index contributed by atoms with van der Waals surface area (Å²) in [6.45, 7) is 4.58. The molecule has 1 N–H and O–H groups in total. The molecule has 1 saturated heterocycles. The van der Waals surface area contributed by atoms with Crippen LogP contribution in [-0.2, 0) is 10.0 Å². The first kappa shape index (κ1) is 15.8. The molecule has 0 spiro atoms. The fourth-order valence-corrected chi connectivity index (χ4v) is 4.53. The van der Waals surface area contributed by atoms with Gasteiger partial charge in [0, 0.05) is 36.3 Å². The Morgan fingerprint density at radius 1 is 1.45 bits per heavy atom. The molecule has 3 heterocycles. The summed E-state index contributed by atoms with van der Waals surface area (Å²) < 4.78 is 26.4. The average Bonchev–Trinajstić information content (AvgIpc) is 2.93. The zero-order valence-corrected chi connectivity index (χ0v) is 14.3. The standard InChI is InChI=1S/C15H20ClN3O2S/c1-10(2)22(20,21)19-7-3-4-11(9-19)14-8-12-13(16)5-6-17-15(12)18-14/h5-6,8,10-11H,3-4,7,9H2,1-2H3,(H,17,18). The van der Waals surface area contributed by atoms with Gasteiger partial charge >= 0.3 is 0 Å². The van der Waals surface area contributed by atoms with Gasteiger partial charge in [0.15, 0.2) is 0 Å². The third-order valence-corrected chi connectivity index (χ3v) is 6.85. The highest BCUT2D eigenvalue weighted by Gasteiger charge is 2.32. The van der Waals surface area contributed by atoms with Crippen molar-refractivity contribution in [1.29, 1.82) is 0 Å². The monoisotopic (exact) mass is 341 g/mol. The molecule has 0 saturated carbocycles. The van der Waals surface area contributed by atoms with Gasteiger partial charge in [0.05, 0.1) is 10.3 Å². The van der Waals surface area contributed by atoms with E-state index >= 15 is 0 Å². The number of hydrogen-bond donors (Lipinski definition) is 1. The molecule has 2 aromatic heterocycles. The summed E-state index contributed by atoms with van der Waals surface area (Å²) in [7, 11) is -3.20. The highest BCUT2D eigenvalue weighted by molar-refractivity contribution is 7.89. The van der Waals surface area contributed by atoms with Gasteiger partial charge in [-0.3, -0.25) is 0 Å². The van der Waals surface area contributed by atoms with E-state index in [9.17, 15) is 8.42 Å². The second-order valence-electron chi connectivity index (χ2n) is 6.07. The molecule has 22 heavy (non-hydrogen) atoms. The smallest absolute Gasteiger partial charge is 0.216 e. The number of aromatic amines is 1. The Morgan fingerprint density at radius 2 is 2.23 bits per heavy atom. The zero-order valence-electron chi connectivity index (χ0n) is 12.7. The Hall–Kier alpha value is -1.11. The molecule has 0 aromatic carbocycles. The fourth-order valence-electron chi connectivity index (χ4n) is 2.96. The van der Waals surface area contributed by atoms with Crippen LogP contribution in [0, 0.1) is 0 Å². The molecule has 5 nitrogen and oxygen atoms in total. The predicted octanol–water partition coefficient (Wildman–Crippen LogP) is 3.13. The van der Waals surface area contributed by atoms with E-state index in [2.05, 4.69) is 9.97 Å². The number of nitrogens with zero attached hydrogens (tertiary/aromatic N) is 2. The van der Waals surface area contributed by atoms with E-state index in [0.717, 1.165) is 29.6 Å². The maximum absolute atomic E-state index is 12.4. The Labute approximate surface area is 135 Å². The van der Waals surface area contributed by atoms with Crippen LogP contribution in [0.2, 0.25) is 5.02 Å². The van der Waals surface area contributed by atoms with Crippen LogP contribution in [0.1, 0.15) is 38.3 Å². The number of hydrogen-bond acceptors (Lipinski definition) is 3. The largest absolute Gasteiger partial charge is 0.343 e. The van der Waals surface area contributed by atoms with E-state index in [0.29, 0.717) is 18.1 Å². The highest BCUT2D eigenvalue weighted by Crippen LogP contribution is 2.32. The molecule has 2 aromatic rings. The van der Waals surface area contributed by atoms with Crippen molar-refractivity contribution in [3.8, 4) is 0 Å². The second-order valence-corrected chi connectivity index (χ2v) is 8.97. The Bertz CT molecular complexity index is 785. The first-order valence-electron chi connectivity index (χ1n) is 7.51. The molecule has 7 heteroatoms. The lowest BCUT2D eigenvalue weighted by Gasteiger charge is -2.32. The molecule has 3 rings (SSSR count). The number of piperidine rings is 1. The minimum atomic E-state index is -3.20. The van der Waals surface area contributed by atoms with Crippen molar-refractivity contribution in [2.45, 2.75) is 37.9 Å². The summed E-state index contributed by atoms with van der Waals surface area (Å²) in [6.07, 6.45) is 3.50. The summed E-state index contributed by atoms with van der Waals surface area (Å²) in [4.78, 5) is 7.57. The van der Waals surface area contributed by atoms with Crippen LogP contribution in [-0.4, -0.2) is 41.0 Å². The number of H-pyrrole nitrogens is 1. The van der Waals surface area contributed by atoms with E-state index in [1.54, 1.807) is 30.4 Å². The Morgan fingerprint density at radius 3 is 2.91 bits per heavy atom. The molecule has 0 bridgehead atoms. The number of aromatic nitrogens is 2. The number of fused-ring (bicyclic) bond motifs is 1. The summed E-state index contributed by atoms with van der Waals surface area (Å²) >= 11 is 6.19. The number of nitrogens with one attached hydrogen (secondary N) is 1. The van der Waals surface area contributed by atoms with Gasteiger partial charge in [-0.05, 0) is 38.8 Å². The molecule has 0 amide bonds. The van der Waals surface area contributed by atoms with Crippen LogP contribution < -0.4 is 0 Å². The van der Waals surface area contributed by atoms with Crippen LogP contribution in [0.25, 0.3) is 11.0 Å². The lowest BCUT2D eigenvalue weighted by molar-refractivity contribution is 0.311. The molecule has 0 aliphatic carbocycles. The molecule has 120 valence electrons. The van der Waals surface area contributed by atoms with Gasteiger partial charge < -0.3 is 4.98 Å². The van der Waals surface area contributed by atoms with Crippen molar-refractivity contribution >= 4 is 32.7 Å². The maximum atomic E-state index is 12.4. The molecule has 1 fully saturated rings. The van der Waals surface area contributed by atoms with Crippen LogP contribution >= 0.6 is 11.6 Å². The first-order chi connectivity index (χ1) is 10.4. The second kappa shape index (κ2) is 5.83. The third kappa shape index (κ3) is 2.75. The Kier molecular flexibility index (Phi) is 4.18. The van der Waals surface area contributed by atoms with Crippen molar-refractivity contribution in [2.24, 2.45) is 0 Å². The van der Waals surface area contributed by atoms with Crippen LogP contribution in [0.5, 0.6) is 0 Å². The third-order valence-electron chi connectivity index (χ3n) is 4.28. The van der Waals surface area contributed by atoms with Crippen molar-refractivity contribution in [3.05, 3.63) is 29.0 Å². The topological polar surface area (TPSA) is 66.1 Å². The maximum Gasteiger partial charge on any atom is 0.216 e. The van der Waals surface area contributed by atoms with E-state index < -0.39 is 10.0 Å². The van der Waals surface area contributed by atoms with Gasteiger partial charge in [-0.15, -0.1) is 0 Å². The van der Waals surface area contributed by atoms with E-state index in [-0.39, 0.29) is 11.2 Å². The van der Waals surface area contributed by atoms with Gasteiger partial charge in [0.1, 0.15) is 5.65 Å². The van der Waals surface area contributed by atoms with Crippen molar-refractivity contribution in [3.63, 3.8) is 0 Å². The van der Waals surface area contributed by atoms with E-state index in [4.69, 9.17) is 11.6 Å². The normalized spacial score (nSPS) is 20.8. The predicted molar refractivity (Wildman–Crippen MR) is 88.7 cm³/mol. The molecule has 1 aliphatic rings. The quantitative estimate of drug-likeness (QED) is 0.932. The van der Waals surface area contributed by atoms with Crippen molar-refractivity contribution in [2.75, 3.05) is 13.1 Å². The first-order valence-corrected chi connectivity index (χ1v) is 9.40. The molecular formula is C15H20ClN3O2S. The van der Waals surface area contributed by atoms with E-state index in [1.807, 2.05) is 6.07 Å². The minimum Gasteiger partial charge on any atom is -0.343 e. The number of pyridine rings is 1. The number of rotatable bonds is 3. The molecule has 1 unspecified atom stereocenters. The van der Waals surface area contributed by atoms with Crippen molar-refractivity contribution in [1.82, 2.24) is 14.3 Å². The molecular weight excluding hydrogens is 322 g/mol. The zero-order chi connectivity index (χ0) is 15.9. The summed E-state index contributed by atoms with van der Waals surface area (Å²) in [5.41, 5.74) is 1.77. The van der Waals surface area contributed by atoms with Crippen LogP contribution in [0.4, 0.5) is 0 Å². The van der Waals surface area contributed by atoms with Gasteiger partial charge in [0.25, 0.3) is 0 Å². The molecule has 1 aliphatic heterocycles. The lowest BCUT2D eigenvalue weighted by atomic mass is 9.96. The summed E-state index contributed by atoms with van der Waals surface area (Å²) in [5, 5.41) is 1.17. The Balaban J connectivity index is 1.89. The highest BCUT2D eigenvalue weighted by atomic mass is 35.5. The molecule has 0 radical (unpaired) electrons.